The van der Waals surface area contributed by atoms with E-state index < -0.39 is 0 Å². The summed E-state index contributed by atoms with van der Waals surface area (Å²) in [5.41, 5.74) is 1.07. The van der Waals surface area contributed by atoms with Crippen LogP contribution in [0.3, 0.4) is 0 Å². The number of rotatable bonds is 0. The second-order valence-corrected chi connectivity index (χ2v) is 4.75. The molecule has 3 aliphatic rings. The number of aliphatic hydroxyl groups is 2. The predicted octanol–water partition coefficient (Wildman–Crippen LogP) is 0.940. The molecule has 3 aliphatic carbocycles. The van der Waals surface area contributed by atoms with Crippen LogP contribution in [0.25, 0.3) is 0 Å². The summed E-state index contributed by atoms with van der Waals surface area (Å²) >= 11 is 0. The molecule has 0 amide bonds. The lowest BCUT2D eigenvalue weighted by Gasteiger charge is -2.62. The van der Waals surface area contributed by atoms with E-state index in [1.807, 2.05) is 0 Å². The SMILES string of the molecule is C=C1CC(O)C2C(O)C1C2(C)C. The number of hydrogen-bond donors (Lipinski definition) is 2. The highest BCUT2D eigenvalue weighted by Gasteiger charge is 2.62. The lowest BCUT2D eigenvalue weighted by molar-refractivity contribution is -0.203. The van der Waals surface area contributed by atoms with Gasteiger partial charge in [-0.15, -0.1) is 0 Å². The van der Waals surface area contributed by atoms with Gasteiger partial charge in [-0.1, -0.05) is 26.0 Å². The van der Waals surface area contributed by atoms with Crippen molar-refractivity contribution < 1.29 is 10.2 Å². The summed E-state index contributed by atoms with van der Waals surface area (Å²) in [6.07, 6.45) is -0.0562. The van der Waals surface area contributed by atoms with Crippen LogP contribution in [0.2, 0.25) is 0 Å². The van der Waals surface area contributed by atoms with Gasteiger partial charge in [0.1, 0.15) is 0 Å². The van der Waals surface area contributed by atoms with Crippen LogP contribution in [-0.2, 0) is 0 Å². The van der Waals surface area contributed by atoms with Crippen LogP contribution in [0.5, 0.6) is 0 Å². The summed E-state index contributed by atoms with van der Waals surface area (Å²) in [5.74, 6) is 0.277. The van der Waals surface area contributed by atoms with Crippen molar-refractivity contribution in [2.45, 2.75) is 32.5 Å². The van der Waals surface area contributed by atoms with E-state index in [1.165, 1.54) is 0 Å². The first kappa shape index (κ1) is 8.27. The zero-order chi connectivity index (χ0) is 9.09. The van der Waals surface area contributed by atoms with E-state index in [-0.39, 0.29) is 29.5 Å². The molecule has 0 saturated heterocycles. The highest BCUT2D eigenvalue weighted by molar-refractivity contribution is 5.25. The van der Waals surface area contributed by atoms with Crippen LogP contribution in [-0.4, -0.2) is 22.4 Å². The number of hydrogen-bond acceptors (Lipinski definition) is 2. The van der Waals surface area contributed by atoms with Crippen LogP contribution >= 0.6 is 0 Å². The Labute approximate surface area is 72.9 Å². The van der Waals surface area contributed by atoms with Gasteiger partial charge in [0.05, 0.1) is 12.2 Å². The fraction of sp³-hybridized carbons (Fsp3) is 0.800. The molecule has 12 heavy (non-hydrogen) atoms. The fourth-order valence-corrected chi connectivity index (χ4v) is 3.19. The minimum atomic E-state index is -0.382. The van der Waals surface area contributed by atoms with Crippen molar-refractivity contribution in [2.24, 2.45) is 17.3 Å². The first-order valence-electron chi connectivity index (χ1n) is 4.50. The molecule has 3 rings (SSSR count). The molecular weight excluding hydrogens is 152 g/mol. The maximum atomic E-state index is 9.68. The normalized spacial score (nSPS) is 50.2. The highest BCUT2D eigenvalue weighted by atomic mass is 16.3. The van der Waals surface area contributed by atoms with Crippen molar-refractivity contribution >= 4 is 0 Å². The van der Waals surface area contributed by atoms with Crippen molar-refractivity contribution in [1.29, 1.82) is 0 Å². The average molecular weight is 168 g/mol. The van der Waals surface area contributed by atoms with Gasteiger partial charge >= 0.3 is 0 Å². The Hall–Kier alpha value is -0.340. The standard InChI is InChI=1S/C10H16O2/c1-5-4-6(11)8-9(12)7(5)10(8,2)3/h6-9,11-12H,1,4H2,2-3H3. The molecule has 2 nitrogen and oxygen atoms in total. The maximum absolute atomic E-state index is 9.68. The number of aliphatic hydroxyl groups excluding tert-OH is 2. The molecule has 4 atom stereocenters. The summed E-state index contributed by atoms with van der Waals surface area (Å²) in [6, 6.07) is 0. The van der Waals surface area contributed by atoms with E-state index in [0.29, 0.717) is 6.42 Å². The third-order valence-electron chi connectivity index (χ3n) is 3.70. The predicted molar refractivity (Wildman–Crippen MR) is 46.5 cm³/mol. The summed E-state index contributed by atoms with van der Waals surface area (Å²) in [4.78, 5) is 0. The van der Waals surface area contributed by atoms with Crippen molar-refractivity contribution in [2.75, 3.05) is 0 Å². The van der Waals surface area contributed by atoms with Gasteiger partial charge in [-0.05, 0) is 11.8 Å². The molecule has 0 aromatic rings. The molecule has 0 radical (unpaired) electrons. The smallest absolute Gasteiger partial charge is 0.0668 e. The Morgan fingerprint density at radius 1 is 1.42 bits per heavy atom. The molecule has 3 fully saturated rings. The Bertz CT molecular complexity index is 228. The third-order valence-corrected chi connectivity index (χ3v) is 3.70. The van der Waals surface area contributed by atoms with Crippen LogP contribution < -0.4 is 0 Å². The largest absolute Gasteiger partial charge is 0.392 e. The van der Waals surface area contributed by atoms with Gasteiger partial charge in [-0.3, -0.25) is 0 Å². The molecule has 2 bridgehead atoms. The monoisotopic (exact) mass is 168 g/mol. The van der Waals surface area contributed by atoms with Gasteiger partial charge in [0.15, 0.2) is 0 Å². The molecule has 2 heteroatoms. The molecular formula is C10H16O2. The van der Waals surface area contributed by atoms with E-state index in [9.17, 15) is 10.2 Å². The molecule has 0 spiro atoms. The average Bonchev–Trinajstić information content (AvgIpc) is 1.81. The molecule has 2 N–H and O–H groups in total. The van der Waals surface area contributed by atoms with E-state index in [1.54, 1.807) is 0 Å². The lowest BCUT2D eigenvalue weighted by atomic mass is 9.45. The molecule has 0 aromatic heterocycles. The van der Waals surface area contributed by atoms with Gasteiger partial charge in [0.2, 0.25) is 0 Å². The topological polar surface area (TPSA) is 40.5 Å². The van der Waals surface area contributed by atoms with Gasteiger partial charge < -0.3 is 10.2 Å². The fourth-order valence-electron chi connectivity index (χ4n) is 3.19. The minimum Gasteiger partial charge on any atom is -0.392 e. The first-order valence-corrected chi connectivity index (χ1v) is 4.50. The van der Waals surface area contributed by atoms with E-state index in [4.69, 9.17) is 0 Å². The second kappa shape index (κ2) is 2.12. The Balaban J connectivity index is 2.32. The van der Waals surface area contributed by atoms with E-state index in [0.717, 1.165) is 5.57 Å². The Kier molecular flexibility index (Phi) is 1.46. The van der Waals surface area contributed by atoms with Gasteiger partial charge in [0.25, 0.3) is 0 Å². The highest BCUT2D eigenvalue weighted by Crippen LogP contribution is 2.60. The quantitative estimate of drug-likeness (QED) is 0.528. The summed E-state index contributed by atoms with van der Waals surface area (Å²) in [7, 11) is 0. The Morgan fingerprint density at radius 3 is 2.33 bits per heavy atom. The molecule has 4 unspecified atom stereocenters. The summed E-state index contributed by atoms with van der Waals surface area (Å²) in [6.45, 7) is 8.11. The van der Waals surface area contributed by atoms with E-state index in [2.05, 4.69) is 20.4 Å². The van der Waals surface area contributed by atoms with Crippen molar-refractivity contribution in [3.8, 4) is 0 Å². The zero-order valence-corrected chi connectivity index (χ0v) is 7.62. The van der Waals surface area contributed by atoms with Gasteiger partial charge in [-0.2, -0.15) is 0 Å². The van der Waals surface area contributed by atoms with Crippen LogP contribution in [0.1, 0.15) is 20.3 Å². The van der Waals surface area contributed by atoms with Crippen LogP contribution in [0, 0.1) is 17.3 Å². The zero-order valence-electron chi connectivity index (χ0n) is 7.62. The third kappa shape index (κ3) is 0.723. The lowest BCUT2D eigenvalue weighted by Crippen LogP contribution is -2.65. The van der Waals surface area contributed by atoms with Gasteiger partial charge in [0, 0.05) is 11.8 Å². The Morgan fingerprint density at radius 2 is 2.00 bits per heavy atom. The molecule has 0 aromatic carbocycles. The molecule has 68 valence electrons. The molecule has 3 saturated carbocycles. The summed E-state index contributed by atoms with van der Waals surface area (Å²) in [5, 5.41) is 19.4. The van der Waals surface area contributed by atoms with Crippen LogP contribution in [0.4, 0.5) is 0 Å². The van der Waals surface area contributed by atoms with Crippen molar-refractivity contribution in [3.63, 3.8) is 0 Å². The summed E-state index contributed by atoms with van der Waals surface area (Å²) < 4.78 is 0. The minimum absolute atomic E-state index is 0.0498. The van der Waals surface area contributed by atoms with Crippen molar-refractivity contribution in [3.05, 3.63) is 12.2 Å². The van der Waals surface area contributed by atoms with Gasteiger partial charge in [-0.25, -0.2) is 0 Å². The number of fused-ring (bicyclic) bond motifs is 2. The first-order chi connectivity index (χ1) is 5.46. The second-order valence-electron chi connectivity index (χ2n) is 4.75. The van der Waals surface area contributed by atoms with E-state index >= 15 is 0 Å². The maximum Gasteiger partial charge on any atom is 0.0668 e. The van der Waals surface area contributed by atoms with Crippen molar-refractivity contribution in [1.82, 2.24) is 0 Å². The van der Waals surface area contributed by atoms with Crippen LogP contribution in [0.15, 0.2) is 12.2 Å². The molecule has 0 heterocycles. The molecule has 0 aliphatic heterocycles.